The van der Waals surface area contributed by atoms with Crippen LogP contribution in [-0.4, -0.2) is 29.6 Å². The fourth-order valence-electron chi connectivity index (χ4n) is 2.40. The molecule has 2 atom stereocenters. The molecule has 5 heteroatoms. The van der Waals surface area contributed by atoms with Crippen LogP contribution in [0.25, 0.3) is 0 Å². The van der Waals surface area contributed by atoms with E-state index in [2.05, 4.69) is 50.0 Å². The zero-order chi connectivity index (χ0) is 12.4. The predicted octanol–water partition coefficient (Wildman–Crippen LogP) is 2.91. The van der Waals surface area contributed by atoms with Gasteiger partial charge in [-0.2, -0.15) is 4.98 Å². The van der Waals surface area contributed by atoms with Gasteiger partial charge in [0.05, 0.1) is 4.47 Å². The summed E-state index contributed by atoms with van der Waals surface area (Å²) in [6.07, 6.45) is 4.28. The summed E-state index contributed by atoms with van der Waals surface area (Å²) in [6, 6.07) is 0.537. The van der Waals surface area contributed by atoms with Gasteiger partial charge in [-0.1, -0.05) is 6.92 Å². The Labute approximate surface area is 111 Å². The second-order valence-corrected chi connectivity index (χ2v) is 5.64. The summed E-state index contributed by atoms with van der Waals surface area (Å²) >= 11 is 3.54. The molecule has 0 saturated carbocycles. The average Bonchev–Trinajstić information content (AvgIpc) is 2.30. The van der Waals surface area contributed by atoms with Gasteiger partial charge >= 0.3 is 0 Å². The Balaban J connectivity index is 2.26. The SMILES string of the molecule is CNc1ncc(Br)c(N2CCC(C)CC2C)n1. The third-order valence-electron chi connectivity index (χ3n) is 3.36. The highest BCUT2D eigenvalue weighted by molar-refractivity contribution is 9.10. The zero-order valence-electron chi connectivity index (χ0n) is 10.6. The molecule has 4 nitrogen and oxygen atoms in total. The Morgan fingerprint density at radius 3 is 2.88 bits per heavy atom. The van der Waals surface area contributed by atoms with Crippen LogP contribution in [-0.2, 0) is 0 Å². The molecule has 2 heterocycles. The normalized spacial score (nSPS) is 24.8. The van der Waals surface area contributed by atoms with E-state index in [1.807, 2.05) is 13.2 Å². The highest BCUT2D eigenvalue weighted by atomic mass is 79.9. The monoisotopic (exact) mass is 298 g/mol. The van der Waals surface area contributed by atoms with Crippen molar-refractivity contribution in [3.05, 3.63) is 10.7 Å². The molecule has 94 valence electrons. The Bertz CT molecular complexity index is 396. The van der Waals surface area contributed by atoms with Crippen molar-refractivity contribution < 1.29 is 0 Å². The molecule has 1 N–H and O–H groups in total. The summed E-state index contributed by atoms with van der Waals surface area (Å²) in [5.74, 6) is 2.49. The first-order valence-electron chi connectivity index (χ1n) is 6.08. The summed E-state index contributed by atoms with van der Waals surface area (Å²) in [6.45, 7) is 5.66. The minimum Gasteiger partial charge on any atom is -0.357 e. The predicted molar refractivity (Wildman–Crippen MR) is 74.5 cm³/mol. The standard InChI is InChI=1S/C12H19BrN4/c1-8-4-5-17(9(2)6-8)11-10(13)7-15-12(14-3)16-11/h7-9H,4-6H2,1-3H3,(H,14,15,16). The summed E-state index contributed by atoms with van der Waals surface area (Å²) in [5.41, 5.74) is 0. The van der Waals surface area contributed by atoms with Gasteiger partial charge in [-0.25, -0.2) is 4.98 Å². The lowest BCUT2D eigenvalue weighted by Crippen LogP contribution is -2.41. The molecular weight excluding hydrogens is 280 g/mol. The molecule has 0 spiro atoms. The van der Waals surface area contributed by atoms with Crippen LogP contribution in [0.2, 0.25) is 0 Å². The Morgan fingerprint density at radius 1 is 1.47 bits per heavy atom. The molecular formula is C12H19BrN4. The topological polar surface area (TPSA) is 41.1 Å². The largest absolute Gasteiger partial charge is 0.357 e. The summed E-state index contributed by atoms with van der Waals surface area (Å²) in [5, 5.41) is 2.99. The molecule has 0 radical (unpaired) electrons. The quantitative estimate of drug-likeness (QED) is 0.911. The maximum Gasteiger partial charge on any atom is 0.224 e. The van der Waals surface area contributed by atoms with Gasteiger partial charge < -0.3 is 10.2 Å². The molecule has 0 bridgehead atoms. The third-order valence-corrected chi connectivity index (χ3v) is 3.92. The molecule has 2 rings (SSSR count). The number of rotatable bonds is 2. The van der Waals surface area contributed by atoms with Crippen molar-refractivity contribution in [3.8, 4) is 0 Å². The molecule has 0 aromatic carbocycles. The molecule has 1 aromatic rings. The van der Waals surface area contributed by atoms with Crippen LogP contribution in [0.3, 0.4) is 0 Å². The molecule has 1 aromatic heterocycles. The molecule has 1 aliphatic rings. The molecule has 0 amide bonds. The number of halogens is 1. The van der Waals surface area contributed by atoms with Gasteiger partial charge in [-0.05, 0) is 41.6 Å². The highest BCUT2D eigenvalue weighted by Crippen LogP contribution is 2.31. The molecule has 2 unspecified atom stereocenters. The van der Waals surface area contributed by atoms with Crippen molar-refractivity contribution >= 4 is 27.7 Å². The van der Waals surface area contributed by atoms with Crippen molar-refractivity contribution in [2.45, 2.75) is 32.7 Å². The lowest BCUT2D eigenvalue weighted by atomic mass is 9.93. The van der Waals surface area contributed by atoms with Gasteiger partial charge in [0.15, 0.2) is 0 Å². The smallest absolute Gasteiger partial charge is 0.224 e. The van der Waals surface area contributed by atoms with Crippen LogP contribution in [0.5, 0.6) is 0 Å². The minimum atomic E-state index is 0.537. The van der Waals surface area contributed by atoms with E-state index in [1.54, 1.807) is 0 Å². The fourth-order valence-corrected chi connectivity index (χ4v) is 2.82. The maximum atomic E-state index is 4.55. The van der Waals surface area contributed by atoms with Crippen LogP contribution in [0.1, 0.15) is 26.7 Å². The molecule has 0 aliphatic carbocycles. The molecule has 1 fully saturated rings. The van der Waals surface area contributed by atoms with Gasteiger partial charge in [0.1, 0.15) is 5.82 Å². The van der Waals surface area contributed by atoms with E-state index in [-0.39, 0.29) is 0 Å². The number of hydrogen-bond acceptors (Lipinski definition) is 4. The Morgan fingerprint density at radius 2 is 2.24 bits per heavy atom. The third kappa shape index (κ3) is 2.70. The van der Waals surface area contributed by atoms with Gasteiger partial charge in [-0.15, -0.1) is 0 Å². The second kappa shape index (κ2) is 5.21. The van der Waals surface area contributed by atoms with E-state index in [1.165, 1.54) is 12.8 Å². The molecule has 1 saturated heterocycles. The summed E-state index contributed by atoms with van der Waals surface area (Å²) in [7, 11) is 1.84. The van der Waals surface area contributed by atoms with E-state index in [0.29, 0.717) is 12.0 Å². The van der Waals surface area contributed by atoms with E-state index in [4.69, 9.17) is 0 Å². The fraction of sp³-hybridized carbons (Fsp3) is 0.667. The van der Waals surface area contributed by atoms with Crippen LogP contribution >= 0.6 is 15.9 Å². The zero-order valence-corrected chi connectivity index (χ0v) is 12.2. The summed E-state index contributed by atoms with van der Waals surface area (Å²) in [4.78, 5) is 11.1. The van der Waals surface area contributed by atoms with Crippen LogP contribution in [0.4, 0.5) is 11.8 Å². The maximum absolute atomic E-state index is 4.55. The van der Waals surface area contributed by atoms with Gasteiger partial charge in [0, 0.05) is 25.8 Å². The number of anilines is 2. The molecule has 17 heavy (non-hydrogen) atoms. The number of nitrogens with one attached hydrogen (secondary N) is 1. The van der Waals surface area contributed by atoms with Crippen molar-refractivity contribution in [1.29, 1.82) is 0 Å². The van der Waals surface area contributed by atoms with E-state index in [9.17, 15) is 0 Å². The highest BCUT2D eigenvalue weighted by Gasteiger charge is 2.25. The van der Waals surface area contributed by atoms with E-state index < -0.39 is 0 Å². The van der Waals surface area contributed by atoms with Gasteiger partial charge in [0.2, 0.25) is 5.95 Å². The first-order valence-corrected chi connectivity index (χ1v) is 6.88. The number of piperidine rings is 1. The van der Waals surface area contributed by atoms with Crippen molar-refractivity contribution in [2.75, 3.05) is 23.8 Å². The van der Waals surface area contributed by atoms with Crippen LogP contribution in [0.15, 0.2) is 10.7 Å². The van der Waals surface area contributed by atoms with Crippen molar-refractivity contribution in [3.63, 3.8) is 0 Å². The lowest BCUT2D eigenvalue weighted by molar-refractivity contribution is 0.375. The van der Waals surface area contributed by atoms with Crippen LogP contribution < -0.4 is 10.2 Å². The van der Waals surface area contributed by atoms with Gasteiger partial charge in [0.25, 0.3) is 0 Å². The second-order valence-electron chi connectivity index (χ2n) is 4.79. The number of nitrogens with zero attached hydrogens (tertiary/aromatic N) is 3. The lowest BCUT2D eigenvalue weighted by Gasteiger charge is -2.37. The number of hydrogen-bond donors (Lipinski definition) is 1. The van der Waals surface area contributed by atoms with Crippen molar-refractivity contribution in [2.24, 2.45) is 5.92 Å². The first kappa shape index (κ1) is 12.6. The van der Waals surface area contributed by atoms with Gasteiger partial charge in [-0.3, -0.25) is 0 Å². The van der Waals surface area contributed by atoms with E-state index >= 15 is 0 Å². The van der Waals surface area contributed by atoms with Crippen molar-refractivity contribution in [1.82, 2.24) is 9.97 Å². The Hall–Kier alpha value is -0.840. The van der Waals surface area contributed by atoms with E-state index in [0.717, 1.165) is 22.8 Å². The first-order chi connectivity index (χ1) is 8.11. The summed E-state index contributed by atoms with van der Waals surface area (Å²) < 4.78 is 0.970. The van der Waals surface area contributed by atoms with Crippen LogP contribution in [0, 0.1) is 5.92 Å². The number of aromatic nitrogens is 2. The molecule has 1 aliphatic heterocycles. The minimum absolute atomic E-state index is 0.537. The Kier molecular flexibility index (Phi) is 3.86. The average molecular weight is 299 g/mol.